The third kappa shape index (κ3) is 3.13. The molecule has 8 rings (SSSR count). The highest BCUT2D eigenvalue weighted by molar-refractivity contribution is 6.62. The quantitative estimate of drug-likeness (QED) is 0.162. The third-order valence-electron chi connectivity index (χ3n) is 10.1. The minimum absolute atomic E-state index is 0.389. The fourth-order valence-corrected chi connectivity index (χ4v) is 7.60. The van der Waals surface area contributed by atoms with E-state index in [0.717, 1.165) is 16.6 Å². The van der Waals surface area contributed by atoms with Crippen molar-refractivity contribution < 1.29 is 9.31 Å². The Bertz CT molecular complexity index is 1870. The maximum Gasteiger partial charge on any atom is 0.494 e. The van der Waals surface area contributed by atoms with Gasteiger partial charge in [0.15, 0.2) is 0 Å². The summed E-state index contributed by atoms with van der Waals surface area (Å²) in [6, 6.07) is 29.3. The Hall–Kier alpha value is -3.92. The normalized spacial score (nSPS) is 17.8. The van der Waals surface area contributed by atoms with Crippen LogP contribution in [0.3, 0.4) is 0 Å². The summed E-state index contributed by atoms with van der Waals surface area (Å²) < 4.78 is 12.9. The van der Waals surface area contributed by atoms with Crippen molar-refractivity contribution in [2.75, 3.05) is 0 Å². The molecule has 0 saturated carbocycles. The smallest absolute Gasteiger partial charge is 0.399 e. The average molecular weight is 549 g/mol. The van der Waals surface area contributed by atoms with Gasteiger partial charge < -0.3 is 9.31 Å². The average Bonchev–Trinajstić information content (AvgIpc) is 3.56. The Morgan fingerprint density at radius 2 is 1.10 bits per heavy atom. The second-order valence-corrected chi connectivity index (χ2v) is 12.4. The molecule has 1 fully saturated rings. The Balaban J connectivity index is 0.00000141. The highest BCUT2D eigenvalue weighted by atomic mass is 16.7. The largest absolute Gasteiger partial charge is 0.494 e. The van der Waals surface area contributed by atoms with Crippen molar-refractivity contribution in [2.45, 2.75) is 58.2 Å². The Morgan fingerprint density at radius 1 is 0.595 bits per heavy atom. The van der Waals surface area contributed by atoms with Crippen molar-refractivity contribution in [3.05, 3.63) is 125 Å². The van der Waals surface area contributed by atoms with Crippen LogP contribution < -0.4 is 5.46 Å². The highest BCUT2D eigenvalue weighted by Gasteiger charge is 2.54. The molecule has 2 nitrogen and oxygen atoms in total. The molecule has 0 radical (unpaired) electrons. The van der Waals surface area contributed by atoms with Crippen LogP contribution in [0.4, 0.5) is 0 Å². The summed E-state index contributed by atoms with van der Waals surface area (Å²) in [5, 5.41) is 5.12. The zero-order valence-corrected chi connectivity index (χ0v) is 25.5. The fraction of sp³-hybridized carbons (Fsp3) is 0.231. The molecule has 1 heterocycles. The van der Waals surface area contributed by atoms with E-state index < -0.39 is 12.5 Å². The molecule has 3 aliphatic rings. The van der Waals surface area contributed by atoms with E-state index in [1.807, 2.05) is 26.0 Å². The summed E-state index contributed by atoms with van der Waals surface area (Å²) in [5.74, 6) is 0. The molecule has 0 aromatic heterocycles. The molecule has 0 atom stereocenters. The summed E-state index contributed by atoms with van der Waals surface area (Å²) >= 11 is 0. The van der Waals surface area contributed by atoms with Gasteiger partial charge in [-0.05, 0) is 99.2 Å². The Morgan fingerprint density at radius 3 is 1.64 bits per heavy atom. The number of hydrogen-bond acceptors (Lipinski definition) is 2. The van der Waals surface area contributed by atoms with E-state index in [1.54, 1.807) is 0 Å². The van der Waals surface area contributed by atoms with Crippen LogP contribution in [0.25, 0.3) is 44.8 Å². The van der Waals surface area contributed by atoms with Crippen molar-refractivity contribution >= 4 is 46.3 Å². The predicted octanol–water partition coefficient (Wildman–Crippen LogP) is 9.28. The second-order valence-electron chi connectivity index (χ2n) is 12.4. The molecule has 1 spiro atoms. The van der Waals surface area contributed by atoms with Crippen LogP contribution in [0.15, 0.2) is 92.0 Å². The molecule has 208 valence electrons. The number of fused-ring (bicyclic) bond motifs is 7. The van der Waals surface area contributed by atoms with E-state index in [9.17, 15) is 0 Å². The van der Waals surface area contributed by atoms with Crippen molar-refractivity contribution in [3.8, 4) is 11.1 Å². The first-order valence-corrected chi connectivity index (χ1v) is 15.1. The zero-order chi connectivity index (χ0) is 29.6. The maximum atomic E-state index is 6.47. The third-order valence-corrected chi connectivity index (χ3v) is 10.1. The van der Waals surface area contributed by atoms with Gasteiger partial charge in [-0.2, -0.15) is 0 Å². The van der Waals surface area contributed by atoms with Crippen molar-refractivity contribution in [1.82, 2.24) is 0 Å². The van der Waals surface area contributed by atoms with E-state index >= 15 is 0 Å². The van der Waals surface area contributed by atoms with Crippen LogP contribution in [0.1, 0.15) is 74.9 Å². The van der Waals surface area contributed by atoms with E-state index in [4.69, 9.17) is 9.31 Å². The molecule has 0 bridgehead atoms. The van der Waals surface area contributed by atoms with Crippen molar-refractivity contribution in [2.24, 2.45) is 0 Å². The van der Waals surface area contributed by atoms with Crippen LogP contribution in [0.2, 0.25) is 0 Å². The van der Waals surface area contributed by atoms with Gasteiger partial charge in [-0.15, -0.1) is 0 Å². The monoisotopic (exact) mass is 548 g/mol. The summed E-state index contributed by atoms with van der Waals surface area (Å²) in [6.07, 6.45) is 3.97. The van der Waals surface area contributed by atoms with Gasteiger partial charge in [0.25, 0.3) is 0 Å². The molecule has 5 aromatic rings. The summed E-state index contributed by atoms with van der Waals surface area (Å²) in [7, 11) is -0.406. The molecule has 42 heavy (non-hydrogen) atoms. The van der Waals surface area contributed by atoms with E-state index in [-0.39, 0.29) is 11.2 Å². The molecule has 3 heteroatoms. The number of hydrogen-bond donors (Lipinski definition) is 0. The number of benzene rings is 5. The molecule has 0 unspecified atom stereocenters. The van der Waals surface area contributed by atoms with Gasteiger partial charge in [0.1, 0.15) is 0 Å². The molecule has 0 amide bonds. The van der Waals surface area contributed by atoms with Gasteiger partial charge in [0.05, 0.1) is 16.6 Å². The zero-order valence-electron chi connectivity index (χ0n) is 25.5. The van der Waals surface area contributed by atoms with Gasteiger partial charge in [-0.3, -0.25) is 0 Å². The Kier molecular flexibility index (Phi) is 5.80. The lowest BCUT2D eigenvalue weighted by Gasteiger charge is -2.32. The van der Waals surface area contributed by atoms with Gasteiger partial charge in [0, 0.05) is 0 Å². The van der Waals surface area contributed by atoms with Gasteiger partial charge in [-0.1, -0.05) is 118 Å². The summed E-state index contributed by atoms with van der Waals surface area (Å²) in [5.41, 5.74) is 10.0. The van der Waals surface area contributed by atoms with E-state index in [1.165, 1.54) is 54.9 Å². The predicted molar refractivity (Wildman–Crippen MR) is 180 cm³/mol. The Labute approximate surface area is 249 Å². The molecule has 2 aliphatic carbocycles. The lowest BCUT2D eigenvalue weighted by Crippen LogP contribution is -2.41. The first-order chi connectivity index (χ1) is 20.2. The van der Waals surface area contributed by atoms with Crippen LogP contribution in [0, 0.1) is 0 Å². The molecular weight excluding hydrogens is 511 g/mol. The maximum absolute atomic E-state index is 6.47. The standard InChI is InChI=1S/C37H31BO2.C2H6/c1-7-23-24(8-2)27-15-12-18-32-34(27)33-26(23)14-11-17-31(33)37(32)29-16-10-9-13-25(29)28-21-22(19-20-30(28)37)38-39-35(3,4)36(5,6)40-38;1-2/h7-21H,1-2H2,3-6H3;1-2H3. The van der Waals surface area contributed by atoms with Crippen LogP contribution in [-0.4, -0.2) is 18.3 Å². The fourth-order valence-electron chi connectivity index (χ4n) is 7.60. The van der Waals surface area contributed by atoms with E-state index in [0.29, 0.717) is 0 Å². The van der Waals surface area contributed by atoms with Crippen LogP contribution >= 0.6 is 0 Å². The SMILES string of the molecule is C=Cc1c(C=C)c2cccc3c2c2c(cccc12)C31c2ccccc2-c2cc(B3OC(C)(C)C(C)(C)O3)ccc21.CC. The summed E-state index contributed by atoms with van der Waals surface area (Å²) in [6.45, 7) is 20.8. The van der Waals surface area contributed by atoms with Crippen molar-refractivity contribution in [3.63, 3.8) is 0 Å². The minimum atomic E-state index is -0.406. The van der Waals surface area contributed by atoms with Gasteiger partial charge in [0.2, 0.25) is 0 Å². The molecule has 1 saturated heterocycles. The van der Waals surface area contributed by atoms with Gasteiger partial charge >= 0.3 is 7.12 Å². The van der Waals surface area contributed by atoms with Crippen LogP contribution in [-0.2, 0) is 14.7 Å². The molecule has 1 aliphatic heterocycles. The summed E-state index contributed by atoms with van der Waals surface area (Å²) in [4.78, 5) is 0. The van der Waals surface area contributed by atoms with Gasteiger partial charge in [-0.25, -0.2) is 0 Å². The highest BCUT2D eigenvalue weighted by Crippen LogP contribution is 2.62. The second kappa shape index (κ2) is 9.04. The van der Waals surface area contributed by atoms with E-state index in [2.05, 4.69) is 120 Å². The lowest BCUT2D eigenvalue weighted by atomic mass is 9.69. The molecule has 0 N–H and O–H groups in total. The van der Waals surface area contributed by atoms with Crippen molar-refractivity contribution in [1.29, 1.82) is 0 Å². The molecular formula is C39H37BO2. The first kappa shape index (κ1) is 27.0. The lowest BCUT2D eigenvalue weighted by molar-refractivity contribution is 0.00578. The van der Waals surface area contributed by atoms with Crippen LogP contribution in [0.5, 0.6) is 0 Å². The number of rotatable bonds is 3. The minimum Gasteiger partial charge on any atom is -0.399 e. The topological polar surface area (TPSA) is 18.5 Å². The molecule has 5 aromatic carbocycles. The first-order valence-electron chi connectivity index (χ1n) is 15.1.